The van der Waals surface area contributed by atoms with Gasteiger partial charge in [0.2, 0.25) is 0 Å². The van der Waals surface area contributed by atoms with E-state index in [0.29, 0.717) is 0 Å². The molecule has 0 saturated carbocycles. The van der Waals surface area contributed by atoms with Crippen molar-refractivity contribution in [2.75, 3.05) is 0 Å². The molecule has 0 saturated heterocycles. The van der Waals surface area contributed by atoms with Crippen LogP contribution in [0.15, 0.2) is 127 Å². The zero-order valence-electron chi connectivity index (χ0n) is 28.1. The van der Waals surface area contributed by atoms with Crippen LogP contribution in [0, 0.1) is 0 Å². The second kappa shape index (κ2) is 10.7. The van der Waals surface area contributed by atoms with E-state index in [9.17, 15) is 0 Å². The number of nitrogens with one attached hydrogen (secondary N) is 1. The van der Waals surface area contributed by atoms with Crippen LogP contribution in [-0.2, 0) is 10.8 Å². The molecule has 0 aliphatic rings. The average molecular weight is 609 g/mol. The maximum absolute atomic E-state index is 5.44. The predicted octanol–water partition coefficient (Wildman–Crippen LogP) is 12.6. The van der Waals surface area contributed by atoms with E-state index in [0.717, 1.165) is 33.2 Å². The molecule has 0 radical (unpaired) electrons. The molecule has 0 atom stereocenters. The molecule has 47 heavy (non-hydrogen) atoms. The summed E-state index contributed by atoms with van der Waals surface area (Å²) in [6.45, 7) is 13.6. The lowest BCUT2D eigenvalue weighted by Gasteiger charge is -2.20. The Hall–Kier alpha value is -5.21. The molecule has 0 amide bonds. The molecule has 0 spiro atoms. The van der Waals surface area contributed by atoms with Crippen LogP contribution < -0.4 is 0 Å². The van der Waals surface area contributed by atoms with Gasteiger partial charge in [0.15, 0.2) is 0 Å². The Balaban J connectivity index is 1.34. The summed E-state index contributed by atoms with van der Waals surface area (Å²) in [7, 11) is 0. The van der Waals surface area contributed by atoms with Crippen molar-refractivity contribution in [3.63, 3.8) is 0 Å². The Morgan fingerprint density at radius 1 is 0.468 bits per heavy atom. The highest BCUT2D eigenvalue weighted by Gasteiger charge is 2.17. The topological polar surface area (TPSA) is 28.7 Å². The first-order chi connectivity index (χ1) is 22.5. The minimum absolute atomic E-state index is 0.106. The number of para-hydroxylation sites is 1. The van der Waals surface area contributed by atoms with E-state index in [4.69, 9.17) is 4.98 Å². The van der Waals surface area contributed by atoms with Gasteiger partial charge in [0.1, 0.15) is 0 Å². The van der Waals surface area contributed by atoms with E-state index in [-0.39, 0.29) is 10.8 Å². The van der Waals surface area contributed by atoms with Crippen molar-refractivity contribution in [2.24, 2.45) is 0 Å². The molecule has 0 aliphatic heterocycles. The lowest BCUT2D eigenvalue weighted by molar-refractivity contribution is 0.590. The normalized spacial score (nSPS) is 12.5. The van der Waals surface area contributed by atoms with Gasteiger partial charge in [-0.15, -0.1) is 0 Å². The quantitative estimate of drug-likeness (QED) is 0.199. The number of pyridine rings is 1. The first-order valence-electron chi connectivity index (χ1n) is 16.6. The van der Waals surface area contributed by atoms with Gasteiger partial charge in [0.25, 0.3) is 0 Å². The number of fused-ring (bicyclic) bond motifs is 7. The number of aromatic amines is 1. The van der Waals surface area contributed by atoms with Gasteiger partial charge < -0.3 is 4.98 Å². The van der Waals surface area contributed by atoms with E-state index >= 15 is 0 Å². The van der Waals surface area contributed by atoms with E-state index in [1.807, 2.05) is 0 Å². The number of rotatable bonds is 3. The maximum atomic E-state index is 5.44. The Labute approximate surface area is 277 Å². The van der Waals surface area contributed by atoms with Gasteiger partial charge >= 0.3 is 0 Å². The van der Waals surface area contributed by atoms with Crippen molar-refractivity contribution >= 4 is 43.5 Å². The molecule has 8 aromatic rings. The van der Waals surface area contributed by atoms with Crippen molar-refractivity contribution in [1.82, 2.24) is 9.97 Å². The molecule has 0 unspecified atom stereocenters. The summed E-state index contributed by atoms with van der Waals surface area (Å²) in [6.07, 6.45) is 0. The molecule has 230 valence electrons. The van der Waals surface area contributed by atoms with E-state index in [1.165, 1.54) is 54.9 Å². The largest absolute Gasteiger partial charge is 0.354 e. The van der Waals surface area contributed by atoms with Gasteiger partial charge in [-0.2, -0.15) is 0 Å². The summed E-state index contributed by atoms with van der Waals surface area (Å²) < 4.78 is 0. The molecule has 0 aliphatic carbocycles. The molecule has 2 heterocycles. The first-order valence-corrected chi connectivity index (χ1v) is 16.6. The number of aromatic nitrogens is 2. The van der Waals surface area contributed by atoms with Crippen molar-refractivity contribution in [3.8, 4) is 33.5 Å². The second-order valence-corrected chi connectivity index (χ2v) is 15.0. The third kappa shape index (κ3) is 5.19. The Morgan fingerprint density at radius 2 is 1.00 bits per heavy atom. The summed E-state index contributed by atoms with van der Waals surface area (Å²) in [4.78, 5) is 9.16. The lowest BCUT2D eigenvalue weighted by atomic mass is 9.85. The SMILES string of the molecule is CC(C)(C)c1ccc(-c2cc(-c3ccc(C(C)(C)C)cc3)cc(-c3ccc4ccc5ccc6c7ccccc7[nH]c6c5c4n3)c2)cc1. The van der Waals surface area contributed by atoms with Gasteiger partial charge in [0, 0.05) is 32.6 Å². The van der Waals surface area contributed by atoms with Gasteiger partial charge in [-0.1, -0.05) is 139 Å². The Kier molecular flexibility index (Phi) is 6.63. The van der Waals surface area contributed by atoms with E-state index in [1.54, 1.807) is 0 Å². The molecule has 2 aromatic heterocycles. The van der Waals surface area contributed by atoms with Crippen LogP contribution in [0.5, 0.6) is 0 Å². The highest BCUT2D eigenvalue weighted by molar-refractivity contribution is 6.23. The van der Waals surface area contributed by atoms with Gasteiger partial charge in [0.05, 0.1) is 16.7 Å². The van der Waals surface area contributed by atoms with Crippen LogP contribution in [0.3, 0.4) is 0 Å². The summed E-state index contributed by atoms with van der Waals surface area (Å²) in [6, 6.07) is 46.9. The lowest BCUT2D eigenvalue weighted by Crippen LogP contribution is -2.10. The second-order valence-electron chi connectivity index (χ2n) is 15.0. The standard InChI is InChI=1S/C45H40N2/c1-44(2,3)35-19-13-28(14-20-35)32-25-33(29-15-21-36(22-16-29)45(4,5)6)27-34(26-32)39-24-18-31-12-11-30-17-23-38-37-9-7-8-10-40(37)47-43(38)41(30)42(31)46-39/h7-27,47H,1-6H3. The van der Waals surface area contributed by atoms with Crippen LogP contribution >= 0.6 is 0 Å². The van der Waals surface area contributed by atoms with Crippen molar-refractivity contribution in [3.05, 3.63) is 139 Å². The fourth-order valence-electron chi connectivity index (χ4n) is 6.91. The average Bonchev–Trinajstić information content (AvgIpc) is 3.46. The van der Waals surface area contributed by atoms with E-state index < -0.39 is 0 Å². The molecule has 2 nitrogen and oxygen atoms in total. The Bertz CT molecular complexity index is 2370. The number of nitrogens with zero attached hydrogens (tertiary/aromatic N) is 1. The fourth-order valence-corrected chi connectivity index (χ4v) is 6.91. The van der Waals surface area contributed by atoms with Crippen molar-refractivity contribution in [1.29, 1.82) is 0 Å². The summed E-state index contributed by atoms with van der Waals surface area (Å²) in [5.74, 6) is 0. The first kappa shape index (κ1) is 29.2. The number of H-pyrrole nitrogens is 1. The van der Waals surface area contributed by atoms with Crippen LogP contribution in [0.1, 0.15) is 52.7 Å². The van der Waals surface area contributed by atoms with Crippen LogP contribution in [0.2, 0.25) is 0 Å². The van der Waals surface area contributed by atoms with Gasteiger partial charge in [-0.25, -0.2) is 4.98 Å². The number of hydrogen-bond donors (Lipinski definition) is 1. The molecular formula is C45H40N2. The third-order valence-electron chi connectivity index (χ3n) is 9.72. The van der Waals surface area contributed by atoms with Crippen LogP contribution in [0.4, 0.5) is 0 Å². The fraction of sp³-hybridized carbons (Fsp3) is 0.178. The molecule has 6 aromatic carbocycles. The Morgan fingerprint density at radius 3 is 1.62 bits per heavy atom. The van der Waals surface area contributed by atoms with Gasteiger partial charge in [-0.05, 0) is 79.9 Å². The predicted molar refractivity (Wildman–Crippen MR) is 202 cm³/mol. The molecule has 0 fully saturated rings. The summed E-state index contributed by atoms with van der Waals surface area (Å²) in [5, 5.41) is 5.97. The highest BCUT2D eigenvalue weighted by atomic mass is 14.7. The molecular weight excluding hydrogens is 569 g/mol. The number of benzene rings is 6. The smallest absolute Gasteiger partial charge is 0.0808 e. The van der Waals surface area contributed by atoms with Crippen LogP contribution in [0.25, 0.3) is 77.0 Å². The maximum Gasteiger partial charge on any atom is 0.0808 e. The molecule has 0 bridgehead atoms. The minimum Gasteiger partial charge on any atom is -0.354 e. The third-order valence-corrected chi connectivity index (χ3v) is 9.72. The molecule has 1 N–H and O–H groups in total. The summed E-state index contributed by atoms with van der Waals surface area (Å²) in [5.41, 5.74) is 13.1. The van der Waals surface area contributed by atoms with Crippen molar-refractivity contribution < 1.29 is 0 Å². The summed E-state index contributed by atoms with van der Waals surface area (Å²) >= 11 is 0. The van der Waals surface area contributed by atoms with Crippen LogP contribution in [-0.4, -0.2) is 9.97 Å². The molecule has 8 rings (SSSR count). The highest BCUT2D eigenvalue weighted by Crippen LogP contribution is 2.38. The molecule has 2 heteroatoms. The number of hydrogen-bond acceptors (Lipinski definition) is 1. The van der Waals surface area contributed by atoms with Crippen molar-refractivity contribution in [2.45, 2.75) is 52.4 Å². The van der Waals surface area contributed by atoms with E-state index in [2.05, 4.69) is 174 Å². The van der Waals surface area contributed by atoms with Gasteiger partial charge in [-0.3, -0.25) is 0 Å². The zero-order chi connectivity index (χ0) is 32.5. The zero-order valence-corrected chi connectivity index (χ0v) is 28.1. The monoisotopic (exact) mass is 608 g/mol. The minimum atomic E-state index is 0.106.